The molecule has 1 aliphatic rings. The Labute approximate surface area is 152 Å². The van der Waals surface area contributed by atoms with Crippen LogP contribution in [-0.4, -0.2) is 36.7 Å². The predicted molar refractivity (Wildman–Crippen MR) is 97.6 cm³/mol. The van der Waals surface area contributed by atoms with Gasteiger partial charge in [0.15, 0.2) is 0 Å². The number of rotatable bonds is 8. The molecule has 0 aromatic heterocycles. The molecule has 6 nitrogen and oxygen atoms in total. The second-order valence-electron chi connectivity index (χ2n) is 6.87. The highest BCUT2D eigenvalue weighted by atomic mass is 35.5. The summed E-state index contributed by atoms with van der Waals surface area (Å²) < 4.78 is 0. The number of carbonyl (C=O) groups is 3. The van der Waals surface area contributed by atoms with E-state index in [1.807, 2.05) is 0 Å². The molecule has 0 radical (unpaired) electrons. The molecule has 2 rings (SSSR count). The molecule has 1 saturated carbocycles. The van der Waals surface area contributed by atoms with Crippen LogP contribution in [0.15, 0.2) is 24.3 Å². The Hall–Kier alpha value is -2.08. The van der Waals surface area contributed by atoms with Crippen LogP contribution in [0.2, 0.25) is 0 Å². The van der Waals surface area contributed by atoms with Crippen molar-refractivity contribution in [2.24, 2.45) is 11.3 Å². The van der Waals surface area contributed by atoms with Crippen molar-refractivity contribution in [1.29, 1.82) is 0 Å². The van der Waals surface area contributed by atoms with Crippen molar-refractivity contribution in [3.8, 4) is 0 Å². The Morgan fingerprint density at radius 3 is 2.24 bits per heavy atom. The molecule has 0 bridgehead atoms. The third kappa shape index (κ3) is 5.74. The van der Waals surface area contributed by atoms with Gasteiger partial charge in [0.25, 0.3) is 5.91 Å². The smallest absolute Gasteiger partial charge is 0.251 e. The summed E-state index contributed by atoms with van der Waals surface area (Å²) >= 11 is 5.74. The summed E-state index contributed by atoms with van der Waals surface area (Å²) in [5.74, 6) is 0.0302. The van der Waals surface area contributed by atoms with Crippen molar-refractivity contribution in [2.45, 2.75) is 26.7 Å². The van der Waals surface area contributed by atoms with E-state index < -0.39 is 5.41 Å². The normalized spacial score (nSPS) is 13.9. The summed E-state index contributed by atoms with van der Waals surface area (Å²) in [6.07, 6.45) is 1.90. The molecule has 1 aliphatic carbocycles. The van der Waals surface area contributed by atoms with Crippen LogP contribution in [0.25, 0.3) is 0 Å². The molecule has 0 aliphatic heterocycles. The minimum atomic E-state index is -0.633. The average Bonchev–Trinajstić information content (AvgIpc) is 3.44. The van der Waals surface area contributed by atoms with Gasteiger partial charge in [0.2, 0.25) is 11.8 Å². The molecule has 1 aromatic rings. The van der Waals surface area contributed by atoms with Crippen LogP contribution in [0.3, 0.4) is 0 Å². The molecule has 25 heavy (non-hydrogen) atoms. The Morgan fingerprint density at radius 2 is 1.68 bits per heavy atom. The maximum absolute atomic E-state index is 12.1. The molecule has 3 N–H and O–H groups in total. The van der Waals surface area contributed by atoms with Gasteiger partial charge in [-0.25, -0.2) is 0 Å². The number of hydrogen-bond acceptors (Lipinski definition) is 3. The number of hydrogen-bond donors (Lipinski definition) is 3. The number of halogens is 1. The van der Waals surface area contributed by atoms with Gasteiger partial charge >= 0.3 is 0 Å². The Bertz CT molecular complexity index is 639. The minimum Gasteiger partial charge on any atom is -0.354 e. The fraction of sp³-hybridized carbons (Fsp3) is 0.500. The van der Waals surface area contributed by atoms with E-state index in [-0.39, 0.29) is 29.5 Å². The van der Waals surface area contributed by atoms with Crippen molar-refractivity contribution in [2.75, 3.05) is 24.3 Å². The number of carbonyl (C=O) groups excluding carboxylic acids is 3. The fourth-order valence-electron chi connectivity index (χ4n) is 2.05. The van der Waals surface area contributed by atoms with Crippen LogP contribution in [0.4, 0.5) is 5.69 Å². The highest BCUT2D eigenvalue weighted by molar-refractivity contribution is 6.19. The van der Waals surface area contributed by atoms with Crippen LogP contribution >= 0.6 is 11.6 Å². The maximum Gasteiger partial charge on any atom is 0.251 e. The number of anilines is 1. The van der Waals surface area contributed by atoms with Gasteiger partial charge in [-0.3, -0.25) is 14.4 Å². The van der Waals surface area contributed by atoms with Gasteiger partial charge in [0, 0.05) is 36.1 Å². The number of alkyl halides is 1. The molecule has 1 aromatic carbocycles. The molecule has 0 heterocycles. The van der Waals surface area contributed by atoms with Gasteiger partial charge in [0.1, 0.15) is 0 Å². The van der Waals surface area contributed by atoms with Crippen LogP contribution in [0.1, 0.15) is 37.0 Å². The van der Waals surface area contributed by atoms with Gasteiger partial charge in [-0.2, -0.15) is 0 Å². The lowest BCUT2D eigenvalue weighted by Gasteiger charge is -2.20. The highest BCUT2D eigenvalue weighted by Crippen LogP contribution is 2.30. The molecular weight excluding hydrogens is 342 g/mol. The van der Waals surface area contributed by atoms with Gasteiger partial charge < -0.3 is 16.0 Å². The van der Waals surface area contributed by atoms with Crippen molar-refractivity contribution in [3.05, 3.63) is 29.8 Å². The van der Waals surface area contributed by atoms with Crippen molar-refractivity contribution < 1.29 is 14.4 Å². The predicted octanol–water partition coefficient (Wildman–Crippen LogP) is 2.15. The van der Waals surface area contributed by atoms with Gasteiger partial charge in [0.05, 0.1) is 5.41 Å². The second-order valence-corrected chi connectivity index (χ2v) is 7.14. The standard InChI is InChI=1S/C18H24ClN3O3/c1-18(2,11-19)17(25)21-10-9-20-15(23)12-5-7-14(8-6-12)22-16(24)13-3-4-13/h5-8,13H,3-4,9-11H2,1-2H3,(H,20,23)(H,21,25)(H,22,24). The summed E-state index contributed by atoms with van der Waals surface area (Å²) in [5, 5.41) is 8.31. The van der Waals surface area contributed by atoms with E-state index in [0.717, 1.165) is 12.8 Å². The summed E-state index contributed by atoms with van der Waals surface area (Å²) in [7, 11) is 0. The van der Waals surface area contributed by atoms with Crippen LogP contribution in [-0.2, 0) is 9.59 Å². The number of nitrogens with one attached hydrogen (secondary N) is 3. The van der Waals surface area contributed by atoms with E-state index in [1.54, 1.807) is 38.1 Å². The first-order valence-electron chi connectivity index (χ1n) is 8.37. The average molecular weight is 366 g/mol. The molecule has 0 atom stereocenters. The molecule has 3 amide bonds. The van der Waals surface area contributed by atoms with E-state index in [9.17, 15) is 14.4 Å². The highest BCUT2D eigenvalue weighted by Gasteiger charge is 2.29. The topological polar surface area (TPSA) is 87.3 Å². The quantitative estimate of drug-likeness (QED) is 0.487. The van der Waals surface area contributed by atoms with Crippen LogP contribution < -0.4 is 16.0 Å². The van der Waals surface area contributed by atoms with E-state index in [1.165, 1.54) is 0 Å². The van der Waals surface area contributed by atoms with Crippen LogP contribution in [0.5, 0.6) is 0 Å². The maximum atomic E-state index is 12.1. The SMILES string of the molecule is CC(C)(CCl)C(=O)NCCNC(=O)c1ccc(NC(=O)C2CC2)cc1. The molecule has 0 spiro atoms. The van der Waals surface area contributed by atoms with Gasteiger partial charge in [-0.15, -0.1) is 11.6 Å². The Kier molecular flexibility index (Phi) is 6.42. The third-order valence-electron chi connectivity index (χ3n) is 4.01. The van der Waals surface area contributed by atoms with E-state index >= 15 is 0 Å². The molecule has 136 valence electrons. The fourth-order valence-corrected chi connectivity index (χ4v) is 2.17. The zero-order chi connectivity index (χ0) is 18.4. The Balaban J connectivity index is 1.73. The molecule has 1 fully saturated rings. The zero-order valence-electron chi connectivity index (χ0n) is 14.5. The molecule has 0 unspecified atom stereocenters. The molecule has 0 saturated heterocycles. The first kappa shape index (κ1) is 19.2. The summed E-state index contributed by atoms with van der Waals surface area (Å²) in [6, 6.07) is 6.74. The Morgan fingerprint density at radius 1 is 1.08 bits per heavy atom. The summed E-state index contributed by atoms with van der Waals surface area (Å²) in [5.41, 5.74) is 0.549. The second kappa shape index (κ2) is 8.34. The van der Waals surface area contributed by atoms with E-state index in [2.05, 4.69) is 16.0 Å². The summed E-state index contributed by atoms with van der Waals surface area (Å²) in [6.45, 7) is 4.18. The third-order valence-corrected chi connectivity index (χ3v) is 4.68. The van der Waals surface area contributed by atoms with Crippen molar-refractivity contribution in [1.82, 2.24) is 10.6 Å². The molecule has 7 heteroatoms. The largest absolute Gasteiger partial charge is 0.354 e. The van der Waals surface area contributed by atoms with Crippen molar-refractivity contribution >= 4 is 35.0 Å². The lowest BCUT2D eigenvalue weighted by atomic mass is 9.95. The monoisotopic (exact) mass is 365 g/mol. The minimum absolute atomic E-state index is 0.0350. The zero-order valence-corrected chi connectivity index (χ0v) is 15.3. The number of amides is 3. The number of benzene rings is 1. The summed E-state index contributed by atoms with van der Waals surface area (Å²) in [4.78, 5) is 35.6. The first-order valence-corrected chi connectivity index (χ1v) is 8.90. The van der Waals surface area contributed by atoms with Gasteiger partial charge in [-0.05, 0) is 51.0 Å². The lowest BCUT2D eigenvalue weighted by molar-refractivity contribution is -0.128. The van der Waals surface area contributed by atoms with E-state index in [4.69, 9.17) is 11.6 Å². The molecular formula is C18H24ClN3O3. The van der Waals surface area contributed by atoms with Crippen molar-refractivity contribution in [3.63, 3.8) is 0 Å². The van der Waals surface area contributed by atoms with Gasteiger partial charge in [-0.1, -0.05) is 0 Å². The first-order chi connectivity index (χ1) is 11.8. The lowest BCUT2D eigenvalue weighted by Crippen LogP contribution is -2.41. The van der Waals surface area contributed by atoms with E-state index in [0.29, 0.717) is 24.3 Å². The van der Waals surface area contributed by atoms with Crippen LogP contribution in [0, 0.1) is 11.3 Å².